The molecule has 0 aromatic rings. The number of aliphatic carboxylic acids is 1. The molecule has 3 unspecified atom stereocenters. The molecule has 2 N–H and O–H groups in total. The van der Waals surface area contributed by atoms with Gasteiger partial charge in [-0.3, -0.25) is 10.1 Å². The molecule has 1 heterocycles. The van der Waals surface area contributed by atoms with Crippen LogP contribution in [-0.2, 0) is 4.79 Å². The molecule has 0 aromatic heterocycles. The average molecular weight is 271 g/mol. The second-order valence-corrected chi connectivity index (χ2v) is 7.58. The van der Waals surface area contributed by atoms with Gasteiger partial charge in [-0.05, 0) is 43.3 Å². The summed E-state index contributed by atoms with van der Waals surface area (Å²) in [4.78, 5) is 11.2. The number of hydrogen-bond donors (Lipinski definition) is 2. The predicted octanol–water partition coefficient (Wildman–Crippen LogP) is 3.10. The Bertz CT molecular complexity index is 308. The van der Waals surface area contributed by atoms with Gasteiger partial charge in [-0.15, -0.1) is 11.8 Å². The van der Waals surface area contributed by atoms with Gasteiger partial charge in [0.1, 0.15) is 6.04 Å². The highest BCUT2D eigenvalue weighted by Crippen LogP contribution is 2.42. The molecule has 3 atom stereocenters. The van der Waals surface area contributed by atoms with Gasteiger partial charge in [0, 0.05) is 0 Å². The molecule has 18 heavy (non-hydrogen) atoms. The second kappa shape index (κ2) is 5.83. The van der Waals surface area contributed by atoms with Gasteiger partial charge in [0.25, 0.3) is 0 Å². The number of carboxylic acids is 1. The molecule has 0 amide bonds. The Balaban J connectivity index is 2.00. The van der Waals surface area contributed by atoms with Gasteiger partial charge in [-0.25, -0.2) is 0 Å². The molecule has 1 aliphatic carbocycles. The number of rotatable bonds is 2. The van der Waals surface area contributed by atoms with Crippen molar-refractivity contribution in [3.8, 4) is 0 Å². The molecular formula is C14H25NO2S. The van der Waals surface area contributed by atoms with Gasteiger partial charge in [-0.2, -0.15) is 0 Å². The summed E-state index contributed by atoms with van der Waals surface area (Å²) in [7, 11) is 0. The van der Waals surface area contributed by atoms with Crippen molar-refractivity contribution in [3.63, 3.8) is 0 Å². The van der Waals surface area contributed by atoms with E-state index in [0.29, 0.717) is 0 Å². The second-order valence-electron chi connectivity index (χ2n) is 6.10. The molecular weight excluding hydrogens is 246 g/mol. The molecule has 1 saturated heterocycles. The third kappa shape index (κ3) is 3.21. The normalized spacial score (nSPS) is 37.7. The molecule has 1 saturated carbocycles. The molecule has 4 heteroatoms. The van der Waals surface area contributed by atoms with Gasteiger partial charge >= 0.3 is 5.97 Å². The van der Waals surface area contributed by atoms with Crippen molar-refractivity contribution in [2.24, 2.45) is 11.8 Å². The topological polar surface area (TPSA) is 49.3 Å². The van der Waals surface area contributed by atoms with Crippen molar-refractivity contribution >= 4 is 17.7 Å². The summed E-state index contributed by atoms with van der Waals surface area (Å²) in [5.74, 6) is 1.87. The summed E-state index contributed by atoms with van der Waals surface area (Å²) in [6, 6.07) is -0.332. The van der Waals surface area contributed by atoms with Crippen molar-refractivity contribution in [2.45, 2.75) is 63.3 Å². The van der Waals surface area contributed by atoms with Crippen molar-refractivity contribution in [1.29, 1.82) is 0 Å². The molecule has 0 aromatic carbocycles. The fraction of sp³-hybridized carbons (Fsp3) is 0.929. The quantitative estimate of drug-likeness (QED) is 0.810. The Hall–Kier alpha value is -0.220. The van der Waals surface area contributed by atoms with Crippen LogP contribution in [0.2, 0.25) is 0 Å². The Labute approximate surface area is 114 Å². The number of hydrogen-bond acceptors (Lipinski definition) is 3. The number of carboxylic acid groups (broad SMARTS) is 1. The van der Waals surface area contributed by atoms with Crippen LogP contribution in [0.25, 0.3) is 0 Å². The summed E-state index contributed by atoms with van der Waals surface area (Å²) in [6.07, 6.45) is 6.79. The highest BCUT2D eigenvalue weighted by Gasteiger charge is 2.40. The molecule has 2 aliphatic rings. The lowest BCUT2D eigenvalue weighted by Gasteiger charge is -2.40. The Morgan fingerprint density at radius 3 is 2.78 bits per heavy atom. The first-order valence-corrected chi connectivity index (χ1v) is 8.15. The minimum atomic E-state index is -0.681. The summed E-state index contributed by atoms with van der Waals surface area (Å²) in [5.41, 5.74) is 0. The molecule has 3 nitrogen and oxygen atoms in total. The monoisotopic (exact) mass is 271 g/mol. The predicted molar refractivity (Wildman–Crippen MR) is 75.8 cm³/mol. The van der Waals surface area contributed by atoms with E-state index in [1.54, 1.807) is 0 Å². The number of carbonyl (C=O) groups is 1. The van der Waals surface area contributed by atoms with E-state index in [9.17, 15) is 9.90 Å². The fourth-order valence-corrected chi connectivity index (χ4v) is 4.80. The summed E-state index contributed by atoms with van der Waals surface area (Å²) in [5, 5.41) is 12.6. The number of thioether (sulfide) groups is 1. The van der Waals surface area contributed by atoms with Crippen molar-refractivity contribution < 1.29 is 9.90 Å². The van der Waals surface area contributed by atoms with Crippen molar-refractivity contribution in [2.75, 3.05) is 5.75 Å². The third-order valence-electron chi connectivity index (χ3n) is 4.54. The van der Waals surface area contributed by atoms with E-state index in [2.05, 4.69) is 19.2 Å². The SMILES string of the molecule is CC(C)C1CCCC2(CC1)NC(C(=O)O)CCS2. The zero-order valence-electron chi connectivity index (χ0n) is 11.4. The van der Waals surface area contributed by atoms with Crippen LogP contribution in [0.15, 0.2) is 0 Å². The Kier molecular flexibility index (Phi) is 4.59. The highest BCUT2D eigenvalue weighted by atomic mass is 32.2. The fourth-order valence-electron chi connectivity index (χ4n) is 3.28. The van der Waals surface area contributed by atoms with Crippen molar-refractivity contribution in [1.82, 2.24) is 5.32 Å². The third-order valence-corrected chi connectivity index (χ3v) is 6.06. The van der Waals surface area contributed by atoms with Crippen LogP contribution in [0.1, 0.15) is 52.4 Å². The first kappa shape index (κ1) is 14.2. The molecule has 2 rings (SSSR count). The lowest BCUT2D eigenvalue weighted by Crippen LogP contribution is -2.54. The maximum absolute atomic E-state index is 11.2. The van der Waals surface area contributed by atoms with Crippen LogP contribution in [0, 0.1) is 11.8 Å². The first-order chi connectivity index (χ1) is 8.52. The molecule has 104 valence electrons. The lowest BCUT2D eigenvalue weighted by atomic mass is 9.89. The van der Waals surface area contributed by atoms with Crippen LogP contribution < -0.4 is 5.32 Å². The van der Waals surface area contributed by atoms with Crippen LogP contribution >= 0.6 is 11.8 Å². The lowest BCUT2D eigenvalue weighted by molar-refractivity contribution is -0.140. The van der Waals surface area contributed by atoms with Crippen LogP contribution in [0.5, 0.6) is 0 Å². The molecule has 1 aliphatic heterocycles. The highest BCUT2D eigenvalue weighted by molar-refractivity contribution is 8.00. The van der Waals surface area contributed by atoms with Gasteiger partial charge in [-0.1, -0.05) is 26.7 Å². The van der Waals surface area contributed by atoms with E-state index in [1.165, 1.54) is 19.3 Å². The first-order valence-electron chi connectivity index (χ1n) is 7.17. The van der Waals surface area contributed by atoms with E-state index >= 15 is 0 Å². The zero-order valence-corrected chi connectivity index (χ0v) is 12.3. The van der Waals surface area contributed by atoms with Gasteiger partial charge in [0.15, 0.2) is 0 Å². The smallest absolute Gasteiger partial charge is 0.320 e. The van der Waals surface area contributed by atoms with Gasteiger partial charge in [0.2, 0.25) is 0 Å². The van der Waals surface area contributed by atoms with E-state index in [-0.39, 0.29) is 10.9 Å². The van der Waals surface area contributed by atoms with E-state index in [1.807, 2.05) is 11.8 Å². The van der Waals surface area contributed by atoms with Crippen molar-refractivity contribution in [3.05, 3.63) is 0 Å². The standard InChI is InChI=1S/C14H25NO2S/c1-10(2)11-4-3-7-14(8-5-11)15-12(13(16)17)6-9-18-14/h10-12,15H,3-9H2,1-2H3,(H,16,17). The molecule has 1 spiro atoms. The van der Waals surface area contributed by atoms with Gasteiger partial charge in [0.05, 0.1) is 4.87 Å². The average Bonchev–Trinajstić information content (AvgIpc) is 2.52. The van der Waals surface area contributed by atoms with Crippen LogP contribution in [0.4, 0.5) is 0 Å². The molecule has 0 radical (unpaired) electrons. The minimum absolute atomic E-state index is 0.0466. The largest absolute Gasteiger partial charge is 0.480 e. The summed E-state index contributed by atoms with van der Waals surface area (Å²) < 4.78 is 0. The maximum atomic E-state index is 11.2. The summed E-state index contributed by atoms with van der Waals surface area (Å²) in [6.45, 7) is 4.62. The van der Waals surface area contributed by atoms with E-state index in [4.69, 9.17) is 0 Å². The summed E-state index contributed by atoms with van der Waals surface area (Å²) >= 11 is 1.96. The van der Waals surface area contributed by atoms with Crippen LogP contribution in [-0.4, -0.2) is 27.7 Å². The maximum Gasteiger partial charge on any atom is 0.320 e. The number of nitrogens with one attached hydrogen (secondary N) is 1. The van der Waals surface area contributed by atoms with Crippen LogP contribution in [0.3, 0.4) is 0 Å². The Morgan fingerprint density at radius 2 is 2.11 bits per heavy atom. The zero-order chi connectivity index (χ0) is 13.2. The van der Waals surface area contributed by atoms with E-state index < -0.39 is 5.97 Å². The molecule has 0 bridgehead atoms. The molecule has 2 fully saturated rings. The minimum Gasteiger partial charge on any atom is -0.480 e. The van der Waals surface area contributed by atoms with Gasteiger partial charge < -0.3 is 5.11 Å². The Morgan fingerprint density at radius 1 is 1.33 bits per heavy atom. The van der Waals surface area contributed by atoms with E-state index in [0.717, 1.165) is 36.9 Å².